The molecule has 0 aliphatic carbocycles. The SMILES string of the molecule is CC(C)c1ccc(NC(=O)CSCc2ccc(Cl)cc2F)cc1. The molecule has 122 valence electrons. The summed E-state index contributed by atoms with van der Waals surface area (Å²) in [7, 11) is 0. The lowest BCUT2D eigenvalue weighted by atomic mass is 10.0. The zero-order valence-corrected chi connectivity index (χ0v) is 14.7. The van der Waals surface area contributed by atoms with Crippen molar-refractivity contribution in [3.8, 4) is 0 Å². The van der Waals surface area contributed by atoms with Crippen LogP contribution in [0.1, 0.15) is 30.9 Å². The van der Waals surface area contributed by atoms with E-state index >= 15 is 0 Å². The van der Waals surface area contributed by atoms with Gasteiger partial charge in [0.25, 0.3) is 0 Å². The van der Waals surface area contributed by atoms with Gasteiger partial charge in [0.15, 0.2) is 0 Å². The molecule has 0 aromatic heterocycles. The van der Waals surface area contributed by atoms with Crippen molar-refractivity contribution >= 4 is 35.0 Å². The zero-order chi connectivity index (χ0) is 16.8. The first kappa shape index (κ1) is 17.8. The molecule has 0 spiro atoms. The molecule has 0 saturated carbocycles. The average Bonchev–Trinajstić information content (AvgIpc) is 2.50. The predicted octanol–water partition coefficient (Wildman–Crippen LogP) is 5.47. The van der Waals surface area contributed by atoms with Crippen LogP contribution < -0.4 is 5.32 Å². The number of hydrogen-bond acceptors (Lipinski definition) is 2. The normalized spacial score (nSPS) is 10.8. The van der Waals surface area contributed by atoms with Gasteiger partial charge in [0, 0.05) is 16.5 Å². The highest BCUT2D eigenvalue weighted by molar-refractivity contribution is 7.99. The van der Waals surface area contributed by atoms with Crippen molar-refractivity contribution in [1.82, 2.24) is 0 Å². The van der Waals surface area contributed by atoms with E-state index in [4.69, 9.17) is 11.6 Å². The molecular formula is C18H19ClFNOS. The minimum absolute atomic E-state index is 0.0957. The van der Waals surface area contributed by atoms with Crippen LogP contribution in [0.2, 0.25) is 5.02 Å². The molecule has 0 bridgehead atoms. The predicted molar refractivity (Wildman–Crippen MR) is 96.7 cm³/mol. The van der Waals surface area contributed by atoms with Gasteiger partial charge in [-0.05, 0) is 41.3 Å². The van der Waals surface area contributed by atoms with Crippen molar-refractivity contribution in [1.29, 1.82) is 0 Å². The van der Waals surface area contributed by atoms with Crippen LogP contribution in [0.4, 0.5) is 10.1 Å². The van der Waals surface area contributed by atoms with Crippen molar-refractivity contribution in [2.75, 3.05) is 11.1 Å². The van der Waals surface area contributed by atoms with E-state index in [0.717, 1.165) is 5.69 Å². The van der Waals surface area contributed by atoms with Gasteiger partial charge < -0.3 is 5.32 Å². The summed E-state index contributed by atoms with van der Waals surface area (Å²) in [6, 6.07) is 12.4. The minimum Gasteiger partial charge on any atom is -0.325 e. The standard InChI is InChI=1S/C18H19ClFNOS/c1-12(2)13-4-7-16(8-5-13)21-18(22)11-23-10-14-3-6-15(19)9-17(14)20/h3-9,12H,10-11H2,1-2H3,(H,21,22). The Bertz CT molecular complexity index is 673. The molecule has 2 aromatic carbocycles. The van der Waals surface area contributed by atoms with Crippen LogP contribution in [-0.2, 0) is 10.5 Å². The second kappa shape index (κ2) is 8.37. The molecule has 0 radical (unpaired) electrons. The quantitative estimate of drug-likeness (QED) is 0.747. The number of halogens is 2. The second-order valence-electron chi connectivity index (χ2n) is 5.55. The fourth-order valence-electron chi connectivity index (χ4n) is 2.04. The highest BCUT2D eigenvalue weighted by Crippen LogP contribution is 2.20. The van der Waals surface area contributed by atoms with Crippen molar-refractivity contribution in [2.45, 2.75) is 25.5 Å². The van der Waals surface area contributed by atoms with Crippen LogP contribution in [-0.4, -0.2) is 11.7 Å². The number of carbonyl (C=O) groups excluding carboxylic acids is 1. The summed E-state index contributed by atoms with van der Waals surface area (Å²) in [5, 5.41) is 3.22. The van der Waals surface area contributed by atoms with Gasteiger partial charge in [0.1, 0.15) is 5.82 Å². The third-order valence-electron chi connectivity index (χ3n) is 3.37. The minimum atomic E-state index is -0.338. The number of anilines is 1. The summed E-state index contributed by atoms with van der Waals surface area (Å²) in [5.41, 5.74) is 2.56. The fraction of sp³-hybridized carbons (Fsp3) is 0.278. The molecule has 0 aliphatic rings. The summed E-state index contributed by atoms with van der Waals surface area (Å²) in [5.74, 6) is 0.734. The molecule has 0 atom stereocenters. The number of carbonyl (C=O) groups is 1. The van der Waals surface area contributed by atoms with Gasteiger partial charge in [-0.1, -0.05) is 43.6 Å². The lowest BCUT2D eigenvalue weighted by Gasteiger charge is -2.08. The lowest BCUT2D eigenvalue weighted by Crippen LogP contribution is -2.14. The fourth-order valence-corrected chi connectivity index (χ4v) is 3.01. The Morgan fingerprint density at radius 2 is 1.91 bits per heavy atom. The number of hydrogen-bond donors (Lipinski definition) is 1. The summed E-state index contributed by atoms with van der Waals surface area (Å²) in [6.45, 7) is 4.25. The van der Waals surface area contributed by atoms with E-state index in [-0.39, 0.29) is 17.5 Å². The Morgan fingerprint density at radius 1 is 1.22 bits per heavy atom. The second-order valence-corrected chi connectivity index (χ2v) is 6.98. The van der Waals surface area contributed by atoms with Crippen molar-refractivity contribution in [3.63, 3.8) is 0 Å². The number of benzene rings is 2. The Kier molecular flexibility index (Phi) is 6.48. The first-order valence-electron chi connectivity index (χ1n) is 7.37. The highest BCUT2D eigenvalue weighted by Gasteiger charge is 2.07. The molecular weight excluding hydrogens is 333 g/mol. The van der Waals surface area contributed by atoms with E-state index in [1.54, 1.807) is 12.1 Å². The van der Waals surface area contributed by atoms with Crippen LogP contribution in [0.3, 0.4) is 0 Å². The molecule has 1 amide bonds. The Labute approximate surface area is 145 Å². The van der Waals surface area contributed by atoms with E-state index in [2.05, 4.69) is 19.2 Å². The van der Waals surface area contributed by atoms with Crippen LogP contribution in [0.25, 0.3) is 0 Å². The van der Waals surface area contributed by atoms with E-state index in [0.29, 0.717) is 22.3 Å². The highest BCUT2D eigenvalue weighted by atomic mass is 35.5. The Hall–Kier alpha value is -1.52. The molecule has 2 aromatic rings. The molecule has 1 N–H and O–H groups in total. The van der Waals surface area contributed by atoms with Crippen LogP contribution in [0, 0.1) is 5.82 Å². The van der Waals surface area contributed by atoms with Gasteiger partial charge in [-0.15, -0.1) is 11.8 Å². The molecule has 0 heterocycles. The van der Waals surface area contributed by atoms with E-state index in [1.165, 1.54) is 23.4 Å². The van der Waals surface area contributed by atoms with Crippen molar-refractivity contribution in [2.24, 2.45) is 0 Å². The molecule has 23 heavy (non-hydrogen) atoms. The monoisotopic (exact) mass is 351 g/mol. The Balaban J connectivity index is 1.80. The van der Waals surface area contributed by atoms with E-state index in [1.807, 2.05) is 24.3 Å². The van der Waals surface area contributed by atoms with Crippen molar-refractivity contribution in [3.05, 3.63) is 64.4 Å². The average molecular weight is 352 g/mol. The maximum Gasteiger partial charge on any atom is 0.234 e. The zero-order valence-electron chi connectivity index (χ0n) is 13.1. The largest absolute Gasteiger partial charge is 0.325 e. The van der Waals surface area contributed by atoms with Crippen LogP contribution in [0.15, 0.2) is 42.5 Å². The molecule has 0 saturated heterocycles. The summed E-state index contributed by atoms with van der Waals surface area (Å²) in [6.07, 6.45) is 0. The first-order valence-corrected chi connectivity index (χ1v) is 8.90. The van der Waals surface area contributed by atoms with Gasteiger partial charge in [0.05, 0.1) is 5.75 Å². The summed E-state index contributed by atoms with van der Waals surface area (Å²) >= 11 is 7.08. The van der Waals surface area contributed by atoms with Gasteiger partial charge in [0.2, 0.25) is 5.91 Å². The van der Waals surface area contributed by atoms with Gasteiger partial charge in [-0.25, -0.2) is 4.39 Å². The first-order chi connectivity index (χ1) is 11.0. The van der Waals surface area contributed by atoms with Crippen LogP contribution >= 0.6 is 23.4 Å². The van der Waals surface area contributed by atoms with Gasteiger partial charge in [-0.3, -0.25) is 4.79 Å². The number of rotatable bonds is 6. The summed E-state index contributed by atoms with van der Waals surface area (Å²) in [4.78, 5) is 11.9. The molecule has 0 unspecified atom stereocenters. The van der Waals surface area contributed by atoms with Crippen LogP contribution in [0.5, 0.6) is 0 Å². The molecule has 5 heteroatoms. The van der Waals surface area contributed by atoms with Gasteiger partial charge >= 0.3 is 0 Å². The molecule has 2 rings (SSSR count). The van der Waals surface area contributed by atoms with E-state index in [9.17, 15) is 9.18 Å². The third-order valence-corrected chi connectivity index (χ3v) is 4.58. The number of nitrogens with one attached hydrogen (secondary N) is 1. The lowest BCUT2D eigenvalue weighted by molar-refractivity contribution is -0.113. The molecule has 2 nitrogen and oxygen atoms in total. The van der Waals surface area contributed by atoms with E-state index < -0.39 is 0 Å². The third kappa shape index (κ3) is 5.56. The smallest absolute Gasteiger partial charge is 0.234 e. The topological polar surface area (TPSA) is 29.1 Å². The number of thioether (sulfide) groups is 1. The maximum absolute atomic E-state index is 13.6. The number of amides is 1. The molecule has 0 fully saturated rings. The maximum atomic E-state index is 13.6. The van der Waals surface area contributed by atoms with Gasteiger partial charge in [-0.2, -0.15) is 0 Å². The molecule has 0 aliphatic heterocycles. The van der Waals surface area contributed by atoms with Crippen molar-refractivity contribution < 1.29 is 9.18 Å². The Morgan fingerprint density at radius 3 is 2.52 bits per heavy atom. The summed E-state index contributed by atoms with van der Waals surface area (Å²) < 4.78 is 13.6.